The van der Waals surface area contributed by atoms with Crippen LogP contribution in [0.15, 0.2) is 96.2 Å². The Labute approximate surface area is 344 Å². The molecule has 4 aliphatic heterocycles. The molecule has 0 saturated carbocycles. The zero-order valence-electron chi connectivity index (χ0n) is 31.1. The zero-order chi connectivity index (χ0) is 38.0. The monoisotopic (exact) mass is 826 g/mol. The third-order valence-electron chi connectivity index (χ3n) is 11.7. The molecule has 10 heterocycles. The number of hydrogen-bond acceptors (Lipinski definition) is 14. The maximum atomic E-state index is 5.80. The molecular weight excluding hydrogens is 789 g/mol. The van der Waals surface area contributed by atoms with Crippen molar-refractivity contribution in [2.24, 2.45) is 0 Å². The Kier molecular flexibility index (Phi) is 8.93. The Hall–Kier alpha value is -4.64. The fourth-order valence-electron chi connectivity index (χ4n) is 8.63. The van der Waals surface area contributed by atoms with Gasteiger partial charge in [-0.1, -0.05) is 12.2 Å². The summed E-state index contributed by atoms with van der Waals surface area (Å²) in [7, 11) is 2.20. The highest BCUT2D eigenvalue weighted by atomic mass is 32.1. The number of ether oxygens (including phenoxy) is 2. The molecule has 0 amide bonds. The van der Waals surface area contributed by atoms with Crippen LogP contribution < -0.4 is 16.0 Å². The molecule has 2 saturated heterocycles. The van der Waals surface area contributed by atoms with Crippen molar-refractivity contribution < 1.29 is 9.47 Å². The van der Waals surface area contributed by atoms with E-state index in [1.54, 1.807) is 45.3 Å². The van der Waals surface area contributed by atoms with Crippen molar-refractivity contribution >= 4 is 120 Å². The number of nitrogens with one attached hydrogen (secondary N) is 3. The molecule has 0 bridgehead atoms. The average molecular weight is 827 g/mol. The van der Waals surface area contributed by atoms with Gasteiger partial charge in [-0.2, -0.15) is 0 Å². The van der Waals surface area contributed by atoms with Crippen LogP contribution in [0.1, 0.15) is 22.6 Å². The van der Waals surface area contributed by atoms with E-state index >= 15 is 0 Å². The summed E-state index contributed by atoms with van der Waals surface area (Å²) in [5, 5.41) is 13.1. The summed E-state index contributed by atoms with van der Waals surface area (Å²) < 4.78 is 13.9. The highest BCUT2D eigenvalue weighted by Gasteiger charge is 2.46. The Bertz CT molecular complexity index is 2860. The van der Waals surface area contributed by atoms with E-state index in [4.69, 9.17) is 9.47 Å². The largest absolute Gasteiger partial charge is 0.379 e. The lowest BCUT2D eigenvalue weighted by atomic mass is 9.89. The van der Waals surface area contributed by atoms with Crippen LogP contribution in [-0.2, 0) is 9.47 Å². The first-order chi connectivity index (χ1) is 28.0. The maximum Gasteiger partial charge on any atom is 0.125 e. The van der Waals surface area contributed by atoms with Crippen molar-refractivity contribution in [1.29, 1.82) is 0 Å². The van der Waals surface area contributed by atoms with Crippen LogP contribution >= 0.6 is 45.3 Å². The summed E-state index contributed by atoms with van der Waals surface area (Å²) in [6, 6.07) is 21.3. The summed E-state index contributed by atoms with van der Waals surface area (Å²) in [6.45, 7) is 5.05. The van der Waals surface area contributed by atoms with Gasteiger partial charge in [0, 0.05) is 70.6 Å². The van der Waals surface area contributed by atoms with E-state index in [2.05, 4.69) is 109 Å². The van der Waals surface area contributed by atoms with E-state index in [0.717, 1.165) is 107 Å². The molecule has 2 spiro atoms. The highest BCUT2D eigenvalue weighted by Crippen LogP contribution is 2.47. The fraction of sp³-hybridized carbons (Fsp3) is 0.256. The lowest BCUT2D eigenvalue weighted by Crippen LogP contribution is -2.43. The number of hydrogen-bond donors (Lipinski definition) is 3. The molecule has 2 unspecified atom stereocenters. The summed E-state index contributed by atoms with van der Waals surface area (Å²) in [4.78, 5) is 25.2. The zero-order valence-corrected chi connectivity index (χ0v) is 34.3. The van der Waals surface area contributed by atoms with E-state index in [9.17, 15) is 0 Å². The number of likely N-dealkylation sites (N-methyl/N-ethyl adjacent to an activating group) is 1. The molecule has 6 aromatic heterocycles. The predicted molar refractivity (Wildman–Crippen MR) is 238 cm³/mol. The Morgan fingerprint density at radius 3 is 1.89 bits per heavy atom. The molecule has 4 aliphatic rings. The van der Waals surface area contributed by atoms with Gasteiger partial charge in [-0.25, -0.2) is 19.9 Å². The summed E-state index contributed by atoms with van der Waals surface area (Å²) in [5.41, 5.74) is 12.8. The van der Waals surface area contributed by atoms with Crippen LogP contribution in [0.5, 0.6) is 0 Å². The van der Waals surface area contributed by atoms with E-state index in [-0.39, 0.29) is 11.1 Å². The highest BCUT2D eigenvalue weighted by molar-refractivity contribution is 7.20. The first kappa shape index (κ1) is 35.5. The Morgan fingerprint density at radius 1 is 0.684 bits per heavy atom. The number of pyridine rings is 2. The van der Waals surface area contributed by atoms with Crippen molar-refractivity contribution in [1.82, 2.24) is 30.2 Å². The number of thiazole rings is 2. The van der Waals surface area contributed by atoms with Crippen LogP contribution in [0.3, 0.4) is 0 Å². The molecular formula is C43H38N8O2S4. The number of rotatable bonds is 6. The number of fused-ring (bicyclic) bond motifs is 4. The molecule has 0 radical (unpaired) electrons. The predicted octanol–water partition coefficient (Wildman–Crippen LogP) is 9.93. The van der Waals surface area contributed by atoms with Crippen LogP contribution in [0, 0.1) is 0 Å². The maximum absolute atomic E-state index is 5.80. The minimum absolute atomic E-state index is 0.0180. The van der Waals surface area contributed by atoms with Gasteiger partial charge in [0.1, 0.15) is 9.66 Å². The van der Waals surface area contributed by atoms with Crippen molar-refractivity contribution in [2.75, 3.05) is 57.2 Å². The van der Waals surface area contributed by atoms with Gasteiger partial charge in [0.2, 0.25) is 0 Å². The SMILES string of the molecule is C1=C(c2cc3c(Nc4ccc5scnc5c4)ccnc3s2)C2(CCOC2)NC1.CN1CC=C(c2cc3c(Nc4ccc5scnc5c4)ccnc3s2)C12CCOC2. The summed E-state index contributed by atoms with van der Waals surface area (Å²) >= 11 is 6.86. The molecule has 8 aromatic rings. The van der Waals surface area contributed by atoms with Gasteiger partial charge in [0.05, 0.1) is 67.1 Å². The van der Waals surface area contributed by atoms with E-state index in [1.165, 1.54) is 30.3 Å². The standard InChI is InChI=1S/C22H20N4OS2.C21H18N4OS2/c1-26-8-5-16(22(26)6-9-27-12-22)20-11-15-17(4-7-23-21(15)29-20)25-14-2-3-19-18(10-14)24-13-28-19;1-2-18-17(23-12-27-18)9-13(1)25-16-4-6-22-20-14(16)10-19(28-20)15-3-7-24-21(15)5-8-26-11-21/h2-5,7,10-11,13H,6,8-9,12H2,1H3,(H,23,25);1-4,6,9-10,12,24H,5,7-8,11H2,(H,22,25). The molecule has 3 N–H and O–H groups in total. The third kappa shape index (κ3) is 6.26. The lowest BCUT2D eigenvalue weighted by Gasteiger charge is -2.33. The van der Waals surface area contributed by atoms with Gasteiger partial charge in [-0.15, -0.1) is 45.3 Å². The quantitative estimate of drug-likeness (QED) is 0.150. The van der Waals surface area contributed by atoms with Gasteiger partial charge >= 0.3 is 0 Å². The lowest BCUT2D eigenvalue weighted by molar-refractivity contribution is 0.142. The minimum Gasteiger partial charge on any atom is -0.379 e. The topological polar surface area (TPSA) is 109 Å². The average Bonchev–Trinajstić information content (AvgIpc) is 4.08. The Morgan fingerprint density at radius 2 is 1.30 bits per heavy atom. The van der Waals surface area contributed by atoms with Crippen LogP contribution in [0.25, 0.3) is 52.0 Å². The fourth-order valence-corrected chi connectivity index (χ4v) is 12.3. The number of nitrogens with zero attached hydrogens (tertiary/aromatic N) is 5. The first-order valence-electron chi connectivity index (χ1n) is 19.1. The summed E-state index contributed by atoms with van der Waals surface area (Å²) in [5.74, 6) is 0. The van der Waals surface area contributed by atoms with Gasteiger partial charge < -0.3 is 25.4 Å². The second-order valence-electron chi connectivity index (χ2n) is 14.9. The van der Waals surface area contributed by atoms with Gasteiger partial charge in [0.15, 0.2) is 0 Å². The third-order valence-corrected chi connectivity index (χ3v) is 15.5. The molecule has 12 rings (SSSR count). The van der Waals surface area contributed by atoms with Crippen molar-refractivity contribution in [3.8, 4) is 0 Å². The minimum atomic E-state index is -0.0237. The molecule has 2 fully saturated rings. The van der Waals surface area contributed by atoms with Crippen LogP contribution in [-0.4, -0.2) is 82.5 Å². The second-order valence-corrected chi connectivity index (χ2v) is 18.7. The van der Waals surface area contributed by atoms with E-state index in [1.807, 2.05) is 35.5 Å². The molecule has 2 aromatic carbocycles. The van der Waals surface area contributed by atoms with E-state index in [0.29, 0.717) is 0 Å². The normalized spacial score (nSPS) is 22.0. The number of thiophene rings is 2. The number of benzene rings is 2. The van der Waals surface area contributed by atoms with Crippen molar-refractivity contribution in [3.05, 3.63) is 106 Å². The summed E-state index contributed by atoms with van der Waals surface area (Å²) in [6.07, 6.45) is 10.5. The van der Waals surface area contributed by atoms with Crippen LogP contribution in [0.2, 0.25) is 0 Å². The van der Waals surface area contributed by atoms with Gasteiger partial charge in [-0.05, 0) is 91.7 Å². The first-order valence-corrected chi connectivity index (χ1v) is 22.4. The second kappa shape index (κ2) is 14.3. The van der Waals surface area contributed by atoms with Crippen LogP contribution in [0.4, 0.5) is 22.7 Å². The van der Waals surface area contributed by atoms with E-state index < -0.39 is 0 Å². The van der Waals surface area contributed by atoms with Crippen molar-refractivity contribution in [2.45, 2.75) is 23.9 Å². The number of anilines is 4. The molecule has 10 nitrogen and oxygen atoms in total. The van der Waals surface area contributed by atoms with Crippen molar-refractivity contribution in [3.63, 3.8) is 0 Å². The van der Waals surface area contributed by atoms with Gasteiger partial charge in [-0.3, -0.25) is 4.90 Å². The molecule has 57 heavy (non-hydrogen) atoms. The molecule has 0 aliphatic carbocycles. The van der Waals surface area contributed by atoms with Gasteiger partial charge in [0.25, 0.3) is 0 Å². The smallest absolute Gasteiger partial charge is 0.125 e. The molecule has 14 heteroatoms. The number of aromatic nitrogens is 4. The Balaban J connectivity index is 0.000000131. The molecule has 2 atom stereocenters. The molecule has 286 valence electrons.